The van der Waals surface area contributed by atoms with Crippen molar-refractivity contribution in [2.75, 3.05) is 43.5 Å². The zero-order chi connectivity index (χ0) is 20.1. The Kier molecular flexibility index (Phi) is 6.59. The number of carbonyl (C=O) groups excluding carboxylic acids is 1. The number of hydrogen-bond donors (Lipinski definition) is 3. The van der Waals surface area contributed by atoms with Crippen LogP contribution in [0, 0.1) is 11.8 Å². The van der Waals surface area contributed by atoms with Crippen molar-refractivity contribution < 1.29 is 9.53 Å². The van der Waals surface area contributed by atoms with Crippen LogP contribution in [0.3, 0.4) is 0 Å². The zero-order valence-corrected chi connectivity index (χ0v) is 17.0. The van der Waals surface area contributed by atoms with Crippen molar-refractivity contribution in [1.29, 1.82) is 0 Å². The van der Waals surface area contributed by atoms with Crippen LogP contribution >= 0.6 is 11.6 Å². The SMILES string of the molecule is O=C(Nc1cc(-c2cccc(NCC3CCOCC3)n2)c(Cl)cn1)[C@@H]1CCNC1. The van der Waals surface area contributed by atoms with Crippen molar-refractivity contribution in [3.05, 3.63) is 35.5 Å². The number of carbonyl (C=O) groups is 1. The molecule has 2 aromatic heterocycles. The molecule has 1 atom stereocenters. The summed E-state index contributed by atoms with van der Waals surface area (Å²) in [6, 6.07) is 7.60. The molecule has 0 aliphatic carbocycles. The van der Waals surface area contributed by atoms with Crippen LogP contribution in [0.5, 0.6) is 0 Å². The highest BCUT2D eigenvalue weighted by Gasteiger charge is 2.23. The van der Waals surface area contributed by atoms with Gasteiger partial charge in [0.15, 0.2) is 0 Å². The Balaban J connectivity index is 1.46. The Morgan fingerprint density at radius 1 is 1.24 bits per heavy atom. The van der Waals surface area contributed by atoms with Crippen molar-refractivity contribution in [3.8, 4) is 11.3 Å². The van der Waals surface area contributed by atoms with E-state index in [1.807, 2.05) is 18.2 Å². The monoisotopic (exact) mass is 415 g/mol. The van der Waals surface area contributed by atoms with Gasteiger partial charge in [-0.2, -0.15) is 0 Å². The topological polar surface area (TPSA) is 88.2 Å². The fourth-order valence-corrected chi connectivity index (χ4v) is 3.89. The van der Waals surface area contributed by atoms with Gasteiger partial charge in [-0.05, 0) is 49.9 Å². The molecule has 29 heavy (non-hydrogen) atoms. The van der Waals surface area contributed by atoms with E-state index in [1.54, 1.807) is 12.3 Å². The molecule has 8 heteroatoms. The highest BCUT2D eigenvalue weighted by Crippen LogP contribution is 2.29. The molecule has 4 rings (SSSR count). The lowest BCUT2D eigenvalue weighted by molar-refractivity contribution is -0.119. The van der Waals surface area contributed by atoms with Gasteiger partial charge in [0.05, 0.1) is 16.6 Å². The third-order valence-electron chi connectivity index (χ3n) is 5.48. The van der Waals surface area contributed by atoms with Gasteiger partial charge in [0.1, 0.15) is 11.6 Å². The average molecular weight is 416 g/mol. The maximum absolute atomic E-state index is 12.4. The van der Waals surface area contributed by atoms with Gasteiger partial charge in [-0.25, -0.2) is 9.97 Å². The van der Waals surface area contributed by atoms with E-state index < -0.39 is 0 Å². The molecule has 2 saturated heterocycles. The Bertz CT molecular complexity index is 851. The van der Waals surface area contributed by atoms with E-state index in [1.165, 1.54) is 0 Å². The number of hydrogen-bond acceptors (Lipinski definition) is 6. The minimum atomic E-state index is -0.0215. The molecule has 1 amide bonds. The van der Waals surface area contributed by atoms with Crippen molar-refractivity contribution in [2.45, 2.75) is 19.3 Å². The van der Waals surface area contributed by atoms with Gasteiger partial charge < -0.3 is 20.7 Å². The quantitative estimate of drug-likeness (QED) is 0.671. The van der Waals surface area contributed by atoms with Crippen LogP contribution in [0.15, 0.2) is 30.5 Å². The standard InChI is InChI=1S/C21H26ClN5O2/c22-17-13-25-20(27-21(28)15-4-7-23-12-15)10-16(17)18-2-1-3-19(26-18)24-11-14-5-8-29-9-6-14/h1-3,10,13-15,23H,4-9,11-12H2,(H,24,26)(H,25,27,28)/t15-/m1/s1. The lowest BCUT2D eigenvalue weighted by atomic mass is 10.0. The van der Waals surface area contributed by atoms with E-state index in [0.29, 0.717) is 23.3 Å². The summed E-state index contributed by atoms with van der Waals surface area (Å²) in [7, 11) is 0. The molecule has 0 saturated carbocycles. The van der Waals surface area contributed by atoms with Crippen molar-refractivity contribution in [3.63, 3.8) is 0 Å². The summed E-state index contributed by atoms with van der Waals surface area (Å²) in [4.78, 5) is 21.3. The van der Waals surface area contributed by atoms with Crippen molar-refractivity contribution >= 4 is 29.1 Å². The van der Waals surface area contributed by atoms with Crippen LogP contribution in [-0.2, 0) is 9.53 Å². The van der Waals surface area contributed by atoms with E-state index in [2.05, 4.69) is 20.9 Å². The van der Waals surface area contributed by atoms with E-state index in [0.717, 1.165) is 62.6 Å². The Hall–Kier alpha value is -2.22. The lowest BCUT2D eigenvalue weighted by Crippen LogP contribution is -2.25. The first-order chi connectivity index (χ1) is 14.2. The maximum atomic E-state index is 12.4. The molecular weight excluding hydrogens is 390 g/mol. The molecule has 4 heterocycles. The second-order valence-corrected chi connectivity index (χ2v) is 7.98. The average Bonchev–Trinajstić information content (AvgIpc) is 3.30. The largest absolute Gasteiger partial charge is 0.381 e. The number of aromatic nitrogens is 2. The molecule has 2 aliphatic heterocycles. The molecule has 7 nitrogen and oxygen atoms in total. The van der Waals surface area contributed by atoms with Crippen LogP contribution in [0.4, 0.5) is 11.6 Å². The van der Waals surface area contributed by atoms with Crippen LogP contribution in [0.1, 0.15) is 19.3 Å². The summed E-state index contributed by atoms with van der Waals surface area (Å²) in [5.74, 6) is 1.86. The first kappa shape index (κ1) is 20.1. The van der Waals surface area contributed by atoms with Crippen molar-refractivity contribution in [1.82, 2.24) is 15.3 Å². The number of nitrogens with zero attached hydrogens (tertiary/aromatic N) is 2. The molecule has 0 aromatic carbocycles. The molecular formula is C21H26ClN5O2. The molecule has 0 radical (unpaired) electrons. The normalized spacial score (nSPS) is 19.8. The van der Waals surface area contributed by atoms with Gasteiger partial charge >= 0.3 is 0 Å². The maximum Gasteiger partial charge on any atom is 0.229 e. The second kappa shape index (κ2) is 9.52. The molecule has 154 valence electrons. The van der Waals surface area contributed by atoms with E-state index in [4.69, 9.17) is 21.3 Å². The highest BCUT2D eigenvalue weighted by atomic mass is 35.5. The van der Waals surface area contributed by atoms with Gasteiger partial charge in [-0.3, -0.25) is 4.79 Å². The molecule has 2 aliphatic rings. The van der Waals surface area contributed by atoms with E-state index >= 15 is 0 Å². The van der Waals surface area contributed by atoms with Crippen LogP contribution in [0.25, 0.3) is 11.3 Å². The molecule has 2 fully saturated rings. The summed E-state index contributed by atoms with van der Waals surface area (Å²) in [5.41, 5.74) is 1.49. The molecule has 2 aromatic rings. The van der Waals surface area contributed by atoms with Crippen LogP contribution in [-0.4, -0.2) is 48.7 Å². The summed E-state index contributed by atoms with van der Waals surface area (Å²) in [6.07, 6.45) is 4.54. The smallest absolute Gasteiger partial charge is 0.229 e. The number of pyridine rings is 2. The van der Waals surface area contributed by atoms with Gasteiger partial charge in [0, 0.05) is 38.1 Å². The number of ether oxygens (including phenoxy) is 1. The van der Waals surface area contributed by atoms with Gasteiger partial charge in [0.25, 0.3) is 0 Å². The minimum Gasteiger partial charge on any atom is -0.381 e. The minimum absolute atomic E-state index is 0.0180. The third kappa shape index (κ3) is 5.23. The number of rotatable bonds is 6. The Labute approximate surface area is 175 Å². The number of nitrogens with one attached hydrogen (secondary N) is 3. The molecule has 0 unspecified atom stereocenters. The number of amides is 1. The van der Waals surface area contributed by atoms with Crippen LogP contribution < -0.4 is 16.0 Å². The van der Waals surface area contributed by atoms with Crippen LogP contribution in [0.2, 0.25) is 5.02 Å². The first-order valence-corrected chi connectivity index (χ1v) is 10.5. The Morgan fingerprint density at radius 2 is 2.10 bits per heavy atom. The van der Waals surface area contributed by atoms with Gasteiger partial charge in [-0.1, -0.05) is 17.7 Å². The fraction of sp³-hybridized carbons (Fsp3) is 0.476. The fourth-order valence-electron chi connectivity index (χ4n) is 3.69. The second-order valence-electron chi connectivity index (χ2n) is 7.57. The predicted molar refractivity (Wildman–Crippen MR) is 114 cm³/mol. The summed E-state index contributed by atoms with van der Waals surface area (Å²) >= 11 is 6.39. The van der Waals surface area contributed by atoms with E-state index in [9.17, 15) is 4.79 Å². The van der Waals surface area contributed by atoms with E-state index in [-0.39, 0.29) is 11.8 Å². The summed E-state index contributed by atoms with van der Waals surface area (Å²) < 4.78 is 5.42. The molecule has 0 spiro atoms. The van der Waals surface area contributed by atoms with Gasteiger partial charge in [0.2, 0.25) is 5.91 Å². The lowest BCUT2D eigenvalue weighted by Gasteiger charge is -2.22. The molecule has 3 N–H and O–H groups in total. The number of halogens is 1. The highest BCUT2D eigenvalue weighted by molar-refractivity contribution is 6.33. The van der Waals surface area contributed by atoms with Crippen molar-refractivity contribution in [2.24, 2.45) is 11.8 Å². The Morgan fingerprint density at radius 3 is 2.90 bits per heavy atom. The number of anilines is 2. The zero-order valence-electron chi connectivity index (χ0n) is 16.3. The molecule has 0 bridgehead atoms. The third-order valence-corrected chi connectivity index (χ3v) is 5.78. The first-order valence-electron chi connectivity index (χ1n) is 10.2. The summed E-state index contributed by atoms with van der Waals surface area (Å²) in [6.45, 7) is 4.11. The summed E-state index contributed by atoms with van der Waals surface area (Å²) in [5, 5.41) is 10.0. The van der Waals surface area contributed by atoms with Gasteiger partial charge in [-0.15, -0.1) is 0 Å². The predicted octanol–water partition coefficient (Wildman–Crippen LogP) is 3.18.